The van der Waals surface area contributed by atoms with Crippen molar-refractivity contribution in [2.24, 2.45) is 5.41 Å². The molecular weight excluding hydrogens is 372 g/mol. The van der Waals surface area contributed by atoms with Gasteiger partial charge in [0.2, 0.25) is 0 Å². The summed E-state index contributed by atoms with van der Waals surface area (Å²) in [7, 11) is 0. The molecule has 0 radical (unpaired) electrons. The normalized spacial score (nSPS) is 15.6. The van der Waals surface area contributed by atoms with Crippen LogP contribution in [0.4, 0.5) is 0 Å². The highest BCUT2D eigenvalue weighted by Gasteiger charge is 2.30. The summed E-state index contributed by atoms with van der Waals surface area (Å²) in [5.74, 6) is -0.662. The molecule has 0 aliphatic heterocycles. The second-order valence-corrected chi connectivity index (χ2v) is 7.19. The van der Waals surface area contributed by atoms with E-state index in [0.29, 0.717) is 13.2 Å². The van der Waals surface area contributed by atoms with E-state index in [1.54, 1.807) is 0 Å². The van der Waals surface area contributed by atoms with Gasteiger partial charge in [-0.05, 0) is 11.1 Å². The third-order valence-electron chi connectivity index (χ3n) is 4.07. The van der Waals surface area contributed by atoms with E-state index in [1.807, 2.05) is 19.1 Å². The molecule has 0 heterocycles. The van der Waals surface area contributed by atoms with Crippen LogP contribution in [0.5, 0.6) is 0 Å². The average molecular weight is 397 g/mol. The molecule has 0 aromatic heterocycles. The molecule has 1 aromatic carbocycles. The maximum absolute atomic E-state index is 11.4. The number of ether oxygens (including phenoxy) is 3. The number of fused-ring (bicyclic) bond motifs is 1. The van der Waals surface area contributed by atoms with Crippen molar-refractivity contribution in [1.29, 1.82) is 0 Å². The molecule has 1 atom stereocenters. The molecule has 0 saturated carbocycles. The number of thiol groups is 2. The first-order valence-electron chi connectivity index (χ1n) is 8.35. The van der Waals surface area contributed by atoms with Gasteiger partial charge in [-0.2, -0.15) is 25.3 Å². The molecule has 1 aromatic rings. The van der Waals surface area contributed by atoms with Crippen molar-refractivity contribution in [1.82, 2.24) is 0 Å². The Morgan fingerprint density at radius 2 is 1.65 bits per heavy atom. The highest BCUT2D eigenvalue weighted by atomic mass is 32.1. The molecule has 26 heavy (non-hydrogen) atoms. The number of benzene rings is 1. The Balaban J connectivity index is 1.90. The molecule has 0 spiro atoms. The monoisotopic (exact) mass is 396 g/mol. The molecule has 0 fully saturated rings. The van der Waals surface area contributed by atoms with Gasteiger partial charge in [0.1, 0.15) is 13.2 Å². The number of carbonyl (C=O) groups is 2. The first-order valence-corrected chi connectivity index (χ1v) is 9.62. The summed E-state index contributed by atoms with van der Waals surface area (Å²) in [6.45, 7) is 2.82. The Bertz CT molecular complexity index is 639. The van der Waals surface area contributed by atoms with Gasteiger partial charge in [-0.1, -0.05) is 43.3 Å². The molecular formula is C19H24O5S2. The lowest BCUT2D eigenvalue weighted by Gasteiger charge is -2.28. The van der Waals surface area contributed by atoms with Gasteiger partial charge in [-0.25, -0.2) is 0 Å². The van der Waals surface area contributed by atoms with E-state index in [1.165, 1.54) is 11.1 Å². The van der Waals surface area contributed by atoms with Crippen LogP contribution in [-0.2, 0) is 23.8 Å². The van der Waals surface area contributed by atoms with Gasteiger partial charge < -0.3 is 14.2 Å². The van der Waals surface area contributed by atoms with Crippen molar-refractivity contribution in [3.63, 3.8) is 0 Å². The largest absolute Gasteiger partial charge is 0.464 e. The predicted molar refractivity (Wildman–Crippen MR) is 107 cm³/mol. The van der Waals surface area contributed by atoms with E-state index in [0.717, 1.165) is 0 Å². The van der Waals surface area contributed by atoms with Gasteiger partial charge in [0.15, 0.2) is 0 Å². The molecule has 1 aliphatic carbocycles. The van der Waals surface area contributed by atoms with Crippen LogP contribution in [0.2, 0.25) is 0 Å². The minimum atomic E-state index is -0.640. The fourth-order valence-electron chi connectivity index (χ4n) is 2.63. The fourth-order valence-corrected chi connectivity index (χ4v) is 2.81. The van der Waals surface area contributed by atoms with Crippen molar-refractivity contribution in [2.45, 2.75) is 12.8 Å². The van der Waals surface area contributed by atoms with Crippen LogP contribution in [0.25, 0.3) is 6.08 Å². The van der Waals surface area contributed by atoms with E-state index in [-0.39, 0.29) is 30.6 Å². The Morgan fingerprint density at radius 1 is 1.04 bits per heavy atom. The van der Waals surface area contributed by atoms with E-state index in [9.17, 15) is 9.59 Å². The third-order valence-corrected chi connectivity index (χ3v) is 4.59. The van der Waals surface area contributed by atoms with E-state index < -0.39 is 17.4 Å². The summed E-state index contributed by atoms with van der Waals surface area (Å²) >= 11 is 7.79. The summed E-state index contributed by atoms with van der Waals surface area (Å²) in [4.78, 5) is 22.8. The van der Waals surface area contributed by atoms with E-state index >= 15 is 0 Å². The second kappa shape index (κ2) is 10.0. The summed E-state index contributed by atoms with van der Waals surface area (Å²) in [5.41, 5.74) is 1.80. The molecule has 0 amide bonds. The molecule has 2 rings (SSSR count). The molecule has 142 valence electrons. The molecule has 1 aliphatic rings. The Morgan fingerprint density at radius 3 is 2.27 bits per heavy atom. The Hall–Kier alpha value is -1.44. The topological polar surface area (TPSA) is 61.8 Å². The third kappa shape index (κ3) is 6.07. The molecule has 0 bridgehead atoms. The number of hydrogen-bond acceptors (Lipinski definition) is 7. The summed E-state index contributed by atoms with van der Waals surface area (Å²) in [6.07, 6.45) is 4.20. The maximum atomic E-state index is 11.4. The van der Waals surface area contributed by atoms with E-state index in [2.05, 4.69) is 49.5 Å². The van der Waals surface area contributed by atoms with Crippen molar-refractivity contribution >= 4 is 43.3 Å². The van der Waals surface area contributed by atoms with Gasteiger partial charge in [0.05, 0.1) is 30.1 Å². The minimum absolute atomic E-state index is 0.00296. The van der Waals surface area contributed by atoms with Crippen molar-refractivity contribution in [3.05, 3.63) is 41.5 Å². The van der Waals surface area contributed by atoms with Gasteiger partial charge in [0.25, 0.3) is 0 Å². The number of carbonyl (C=O) groups excluding carboxylic acids is 2. The van der Waals surface area contributed by atoms with Gasteiger partial charge >= 0.3 is 11.9 Å². The predicted octanol–water partition coefficient (Wildman–Crippen LogP) is 2.77. The minimum Gasteiger partial charge on any atom is -0.464 e. The Kier molecular flexibility index (Phi) is 8.06. The molecule has 5 nitrogen and oxygen atoms in total. The van der Waals surface area contributed by atoms with Crippen molar-refractivity contribution in [3.8, 4) is 0 Å². The number of esters is 2. The lowest BCUT2D eigenvalue weighted by Crippen LogP contribution is -2.36. The quantitative estimate of drug-likeness (QED) is 0.470. The first kappa shape index (κ1) is 20.9. The van der Waals surface area contributed by atoms with Crippen LogP contribution < -0.4 is 0 Å². The molecule has 7 heteroatoms. The van der Waals surface area contributed by atoms with Crippen LogP contribution in [0.15, 0.2) is 30.3 Å². The summed E-state index contributed by atoms with van der Waals surface area (Å²) < 4.78 is 16.3. The van der Waals surface area contributed by atoms with Crippen LogP contribution >= 0.6 is 25.3 Å². The number of rotatable bonds is 10. The second-order valence-electron chi connectivity index (χ2n) is 6.56. The number of hydrogen-bond donors (Lipinski definition) is 2. The highest BCUT2D eigenvalue weighted by molar-refractivity contribution is 7.81. The zero-order valence-corrected chi connectivity index (χ0v) is 16.5. The zero-order valence-electron chi connectivity index (χ0n) is 14.7. The molecule has 0 saturated heterocycles. The van der Waals surface area contributed by atoms with Crippen LogP contribution in [0.1, 0.15) is 24.0 Å². The smallest absolute Gasteiger partial charge is 0.315 e. The van der Waals surface area contributed by atoms with Crippen LogP contribution in [0.3, 0.4) is 0 Å². The summed E-state index contributed by atoms with van der Waals surface area (Å²) in [5, 5.41) is 0. The van der Waals surface area contributed by atoms with Crippen LogP contribution in [0, 0.1) is 5.41 Å². The van der Waals surface area contributed by atoms with E-state index in [4.69, 9.17) is 14.2 Å². The summed E-state index contributed by atoms with van der Waals surface area (Å²) in [6, 6.07) is 8.18. The lowest BCUT2D eigenvalue weighted by molar-refractivity contribution is -0.153. The van der Waals surface area contributed by atoms with Gasteiger partial charge in [-0.3, -0.25) is 9.59 Å². The van der Waals surface area contributed by atoms with Crippen molar-refractivity contribution < 1.29 is 23.8 Å². The standard InChI is InChI=1S/C19H24O5S2/c1-19(12-23-17(20)9-25,13-24-18(21)10-26)11-22-8-15-7-6-14-4-2-3-5-16(14)15/h2-7,15,25-26H,8-13H2,1H3. The molecule has 0 N–H and O–H groups in total. The van der Waals surface area contributed by atoms with Gasteiger partial charge in [0, 0.05) is 5.92 Å². The maximum Gasteiger partial charge on any atom is 0.315 e. The first-order chi connectivity index (χ1) is 12.5. The average Bonchev–Trinajstić information content (AvgIpc) is 3.07. The van der Waals surface area contributed by atoms with Crippen molar-refractivity contribution in [2.75, 3.05) is 37.9 Å². The highest BCUT2D eigenvalue weighted by Crippen LogP contribution is 2.30. The van der Waals surface area contributed by atoms with Gasteiger partial charge in [-0.15, -0.1) is 0 Å². The fraction of sp³-hybridized carbons (Fsp3) is 0.474. The zero-order chi connectivity index (χ0) is 19.0. The van der Waals surface area contributed by atoms with Crippen LogP contribution in [-0.4, -0.2) is 49.9 Å². The Labute approximate surface area is 164 Å². The lowest BCUT2D eigenvalue weighted by atomic mass is 9.94. The molecule has 1 unspecified atom stereocenters. The SMILES string of the molecule is CC(COCC1C=Cc2ccccc21)(COC(=O)CS)COC(=O)CS.